The summed E-state index contributed by atoms with van der Waals surface area (Å²) in [6.45, 7) is 2.51. The van der Waals surface area contributed by atoms with Crippen LogP contribution in [0.15, 0.2) is 30.3 Å². The van der Waals surface area contributed by atoms with E-state index in [4.69, 9.17) is 4.74 Å². The molecule has 3 rings (SSSR count). The van der Waals surface area contributed by atoms with Gasteiger partial charge in [-0.2, -0.15) is 0 Å². The fourth-order valence-electron chi connectivity index (χ4n) is 3.35. The Bertz CT molecular complexity index is 440. The van der Waals surface area contributed by atoms with Crippen LogP contribution in [0.5, 0.6) is 0 Å². The first-order valence-electron chi connectivity index (χ1n) is 7.80. The van der Waals surface area contributed by atoms with Crippen LogP contribution >= 0.6 is 0 Å². The number of ether oxygens (including phenoxy) is 1. The van der Waals surface area contributed by atoms with Gasteiger partial charge in [0.05, 0.1) is 0 Å². The lowest BCUT2D eigenvalue weighted by Gasteiger charge is -2.23. The predicted octanol–water partition coefficient (Wildman–Crippen LogP) is 2.96. The molecule has 2 aliphatic heterocycles. The molecule has 1 aromatic rings. The van der Waals surface area contributed by atoms with E-state index in [0.29, 0.717) is 5.92 Å². The van der Waals surface area contributed by atoms with Gasteiger partial charge in [-0.1, -0.05) is 30.3 Å². The maximum absolute atomic E-state index is 12.4. The minimum absolute atomic E-state index is 0.164. The standard InChI is InChI=1S/C17H23NO2/c19-17(16-9-5-13-20-16)18-11-4-8-15(10-12-18)14-6-2-1-3-7-14/h1-3,6-7,15-16H,4-5,8-13H2/t15-,16-/m1/s1. The van der Waals surface area contributed by atoms with E-state index in [9.17, 15) is 4.79 Å². The highest BCUT2D eigenvalue weighted by Gasteiger charge is 2.29. The van der Waals surface area contributed by atoms with Crippen LogP contribution in [0.1, 0.15) is 43.6 Å². The summed E-state index contributed by atoms with van der Waals surface area (Å²) in [6.07, 6.45) is 5.11. The Labute approximate surface area is 120 Å². The molecular formula is C17H23NO2. The van der Waals surface area contributed by atoms with E-state index < -0.39 is 0 Å². The molecule has 1 amide bonds. The van der Waals surface area contributed by atoms with Crippen LogP contribution in [-0.2, 0) is 9.53 Å². The van der Waals surface area contributed by atoms with Gasteiger partial charge in [0.2, 0.25) is 0 Å². The Morgan fingerprint density at radius 3 is 2.65 bits per heavy atom. The summed E-state index contributed by atoms with van der Waals surface area (Å²) in [5.41, 5.74) is 1.42. The van der Waals surface area contributed by atoms with Crippen molar-refractivity contribution in [2.75, 3.05) is 19.7 Å². The Hall–Kier alpha value is -1.35. The Morgan fingerprint density at radius 2 is 1.90 bits per heavy atom. The lowest BCUT2D eigenvalue weighted by atomic mass is 9.92. The number of rotatable bonds is 2. The molecular weight excluding hydrogens is 250 g/mol. The molecule has 2 atom stereocenters. The molecule has 2 saturated heterocycles. The predicted molar refractivity (Wildman–Crippen MR) is 78.6 cm³/mol. The molecule has 0 aromatic heterocycles. The second-order valence-electron chi connectivity index (χ2n) is 5.87. The van der Waals surface area contributed by atoms with E-state index in [1.54, 1.807) is 0 Å². The summed E-state index contributed by atoms with van der Waals surface area (Å²) in [7, 11) is 0. The molecule has 20 heavy (non-hydrogen) atoms. The Morgan fingerprint density at radius 1 is 1.05 bits per heavy atom. The zero-order valence-corrected chi connectivity index (χ0v) is 12.0. The highest BCUT2D eigenvalue weighted by molar-refractivity contribution is 5.81. The summed E-state index contributed by atoms with van der Waals surface area (Å²) in [5.74, 6) is 0.815. The molecule has 108 valence electrons. The lowest BCUT2D eigenvalue weighted by molar-refractivity contribution is -0.140. The number of nitrogens with zero attached hydrogens (tertiary/aromatic N) is 1. The molecule has 0 saturated carbocycles. The maximum atomic E-state index is 12.4. The van der Waals surface area contributed by atoms with Gasteiger partial charge < -0.3 is 9.64 Å². The first-order valence-corrected chi connectivity index (χ1v) is 7.80. The normalized spacial score (nSPS) is 27.3. The van der Waals surface area contributed by atoms with Crippen LogP contribution in [0, 0.1) is 0 Å². The number of carbonyl (C=O) groups is 1. The molecule has 3 nitrogen and oxygen atoms in total. The second kappa shape index (κ2) is 6.40. The highest BCUT2D eigenvalue weighted by Crippen LogP contribution is 2.28. The summed E-state index contributed by atoms with van der Waals surface area (Å²) in [5, 5.41) is 0. The van der Waals surface area contributed by atoms with Gasteiger partial charge in [0, 0.05) is 19.7 Å². The van der Waals surface area contributed by atoms with Crippen molar-refractivity contribution < 1.29 is 9.53 Å². The fraction of sp³-hybridized carbons (Fsp3) is 0.588. The van der Waals surface area contributed by atoms with Crippen LogP contribution in [-0.4, -0.2) is 36.6 Å². The van der Waals surface area contributed by atoms with Crippen molar-refractivity contribution in [1.29, 1.82) is 0 Å². The number of benzene rings is 1. The van der Waals surface area contributed by atoms with Crippen molar-refractivity contribution in [2.24, 2.45) is 0 Å². The Balaban J connectivity index is 1.60. The highest BCUT2D eigenvalue weighted by atomic mass is 16.5. The first kappa shape index (κ1) is 13.6. The molecule has 2 fully saturated rings. The quantitative estimate of drug-likeness (QED) is 0.829. The minimum atomic E-state index is -0.164. The SMILES string of the molecule is O=C([C@H]1CCCO1)N1CCC[C@@H](c2ccccc2)CC1. The third-order valence-corrected chi connectivity index (χ3v) is 4.52. The maximum Gasteiger partial charge on any atom is 0.251 e. The molecule has 0 unspecified atom stereocenters. The molecule has 0 bridgehead atoms. The number of hydrogen-bond donors (Lipinski definition) is 0. The summed E-state index contributed by atoms with van der Waals surface area (Å²) in [6, 6.07) is 10.7. The smallest absolute Gasteiger partial charge is 0.251 e. The minimum Gasteiger partial charge on any atom is -0.368 e. The van der Waals surface area contributed by atoms with E-state index in [0.717, 1.165) is 45.4 Å². The zero-order chi connectivity index (χ0) is 13.8. The van der Waals surface area contributed by atoms with Crippen molar-refractivity contribution in [2.45, 2.75) is 44.1 Å². The van der Waals surface area contributed by atoms with Gasteiger partial charge in [-0.25, -0.2) is 0 Å². The van der Waals surface area contributed by atoms with Crippen molar-refractivity contribution >= 4 is 5.91 Å². The average molecular weight is 273 g/mol. The van der Waals surface area contributed by atoms with Crippen molar-refractivity contribution in [3.63, 3.8) is 0 Å². The molecule has 0 spiro atoms. The number of amides is 1. The van der Waals surface area contributed by atoms with Crippen molar-refractivity contribution in [3.8, 4) is 0 Å². The molecule has 0 radical (unpaired) electrons. The van der Waals surface area contributed by atoms with Crippen molar-refractivity contribution in [3.05, 3.63) is 35.9 Å². The van der Waals surface area contributed by atoms with Crippen LogP contribution in [0.2, 0.25) is 0 Å². The molecule has 2 aliphatic rings. The van der Waals surface area contributed by atoms with E-state index >= 15 is 0 Å². The van der Waals surface area contributed by atoms with Crippen LogP contribution in [0.4, 0.5) is 0 Å². The fourth-order valence-corrected chi connectivity index (χ4v) is 3.35. The van der Waals surface area contributed by atoms with Gasteiger partial charge in [0.15, 0.2) is 0 Å². The Kier molecular flexibility index (Phi) is 4.36. The number of carbonyl (C=O) groups excluding carboxylic acids is 1. The monoisotopic (exact) mass is 273 g/mol. The van der Waals surface area contributed by atoms with Crippen LogP contribution in [0.3, 0.4) is 0 Å². The largest absolute Gasteiger partial charge is 0.368 e. The van der Waals surface area contributed by atoms with Gasteiger partial charge in [-0.05, 0) is 43.6 Å². The van der Waals surface area contributed by atoms with Gasteiger partial charge in [-0.15, -0.1) is 0 Å². The van der Waals surface area contributed by atoms with Crippen molar-refractivity contribution in [1.82, 2.24) is 4.90 Å². The molecule has 3 heteroatoms. The van der Waals surface area contributed by atoms with Crippen LogP contribution < -0.4 is 0 Å². The average Bonchev–Trinajstić information content (AvgIpc) is 2.92. The molecule has 0 aliphatic carbocycles. The van der Waals surface area contributed by atoms with Gasteiger partial charge >= 0.3 is 0 Å². The summed E-state index contributed by atoms with van der Waals surface area (Å²) >= 11 is 0. The van der Waals surface area contributed by atoms with E-state index in [2.05, 4.69) is 30.3 Å². The second-order valence-corrected chi connectivity index (χ2v) is 5.87. The third kappa shape index (κ3) is 3.04. The zero-order valence-electron chi connectivity index (χ0n) is 12.0. The van der Waals surface area contributed by atoms with Gasteiger partial charge in [0.25, 0.3) is 5.91 Å². The van der Waals surface area contributed by atoms with E-state index in [1.807, 2.05) is 4.90 Å². The van der Waals surface area contributed by atoms with Gasteiger partial charge in [0.1, 0.15) is 6.10 Å². The lowest BCUT2D eigenvalue weighted by Crippen LogP contribution is -2.39. The first-order chi connectivity index (χ1) is 9.84. The topological polar surface area (TPSA) is 29.5 Å². The molecule has 2 heterocycles. The summed E-state index contributed by atoms with van der Waals surface area (Å²) < 4.78 is 5.53. The van der Waals surface area contributed by atoms with E-state index in [-0.39, 0.29) is 12.0 Å². The van der Waals surface area contributed by atoms with Gasteiger partial charge in [-0.3, -0.25) is 4.79 Å². The van der Waals surface area contributed by atoms with E-state index in [1.165, 1.54) is 12.0 Å². The molecule has 0 N–H and O–H groups in total. The number of hydrogen-bond acceptors (Lipinski definition) is 2. The summed E-state index contributed by atoms with van der Waals surface area (Å²) in [4.78, 5) is 14.4. The number of likely N-dealkylation sites (tertiary alicyclic amines) is 1. The molecule has 1 aromatic carbocycles. The third-order valence-electron chi connectivity index (χ3n) is 4.52. The van der Waals surface area contributed by atoms with Crippen LogP contribution in [0.25, 0.3) is 0 Å².